The number of Topliss-reactive ketones (excluding diaryl/α,β-unsaturated/α-hetero) is 3. The Morgan fingerprint density at radius 3 is 2.18 bits per heavy atom. The minimum absolute atomic E-state index is 0.0646. The highest BCUT2D eigenvalue weighted by Crippen LogP contribution is 2.30. The van der Waals surface area contributed by atoms with E-state index in [1.807, 2.05) is 0 Å². The summed E-state index contributed by atoms with van der Waals surface area (Å²) in [5.74, 6) is -1.05. The summed E-state index contributed by atoms with van der Waals surface area (Å²) < 4.78 is 0. The van der Waals surface area contributed by atoms with Gasteiger partial charge in [0.2, 0.25) is 5.78 Å². The number of hydrogen-bond donors (Lipinski definition) is 0. The normalized spacial score (nSPS) is 16.1. The molecular weight excluding hydrogens is 144 g/mol. The molecule has 1 aliphatic rings. The van der Waals surface area contributed by atoms with Crippen LogP contribution in [-0.2, 0) is 14.4 Å². The predicted molar refractivity (Wildman–Crippen MR) is 38.0 cm³/mol. The summed E-state index contributed by atoms with van der Waals surface area (Å²) in [7, 11) is 0. The molecule has 3 nitrogen and oxygen atoms in total. The monoisotopic (exact) mass is 154 g/mol. The number of carbonyl (C=O) groups is 3. The van der Waals surface area contributed by atoms with Crippen LogP contribution in [0.2, 0.25) is 0 Å². The molecule has 0 aromatic rings. The molecule has 1 aliphatic carbocycles. The molecule has 0 bridgehead atoms. The van der Waals surface area contributed by atoms with Gasteiger partial charge in [-0.2, -0.15) is 0 Å². The zero-order chi connectivity index (χ0) is 8.43. The molecule has 60 valence electrons. The molecule has 0 radical (unpaired) electrons. The van der Waals surface area contributed by atoms with E-state index in [0.717, 1.165) is 12.8 Å². The average Bonchev–Trinajstić information content (AvgIpc) is 2.67. The Morgan fingerprint density at radius 1 is 1.27 bits per heavy atom. The molecule has 1 saturated carbocycles. The Morgan fingerprint density at radius 2 is 1.82 bits per heavy atom. The van der Waals surface area contributed by atoms with Gasteiger partial charge in [0.25, 0.3) is 0 Å². The van der Waals surface area contributed by atoms with Gasteiger partial charge < -0.3 is 0 Å². The summed E-state index contributed by atoms with van der Waals surface area (Å²) in [4.78, 5) is 32.1. The minimum Gasteiger partial charge on any atom is -0.299 e. The van der Waals surface area contributed by atoms with E-state index >= 15 is 0 Å². The van der Waals surface area contributed by atoms with Crippen molar-refractivity contribution in [2.45, 2.75) is 26.2 Å². The van der Waals surface area contributed by atoms with E-state index in [2.05, 4.69) is 0 Å². The van der Waals surface area contributed by atoms with Gasteiger partial charge in [0, 0.05) is 12.8 Å². The molecule has 0 atom stereocenters. The third-order valence-electron chi connectivity index (χ3n) is 1.76. The van der Waals surface area contributed by atoms with Gasteiger partial charge in [0.1, 0.15) is 5.78 Å². The quantitative estimate of drug-likeness (QED) is 0.438. The van der Waals surface area contributed by atoms with Crippen molar-refractivity contribution in [2.24, 2.45) is 5.92 Å². The van der Waals surface area contributed by atoms with Crippen LogP contribution < -0.4 is 0 Å². The van der Waals surface area contributed by atoms with Gasteiger partial charge in [-0.1, -0.05) is 0 Å². The van der Waals surface area contributed by atoms with Crippen molar-refractivity contribution in [3.8, 4) is 0 Å². The van der Waals surface area contributed by atoms with E-state index < -0.39 is 11.6 Å². The summed E-state index contributed by atoms with van der Waals surface area (Å²) in [5, 5.41) is 0. The highest BCUT2D eigenvalue weighted by Gasteiger charge is 2.31. The Balaban J connectivity index is 2.34. The van der Waals surface area contributed by atoms with Crippen molar-refractivity contribution in [3.63, 3.8) is 0 Å². The topological polar surface area (TPSA) is 51.2 Å². The van der Waals surface area contributed by atoms with Crippen LogP contribution in [0, 0.1) is 5.92 Å². The van der Waals surface area contributed by atoms with E-state index in [1.165, 1.54) is 6.92 Å². The van der Waals surface area contributed by atoms with Crippen molar-refractivity contribution in [2.75, 3.05) is 0 Å². The molecule has 0 heterocycles. The largest absolute Gasteiger partial charge is 0.299 e. The molecular formula is C8H10O3. The molecule has 3 heteroatoms. The second kappa shape index (κ2) is 2.95. The third-order valence-corrected chi connectivity index (χ3v) is 1.76. The van der Waals surface area contributed by atoms with Crippen LogP contribution in [0.15, 0.2) is 0 Å². The van der Waals surface area contributed by atoms with Crippen molar-refractivity contribution in [3.05, 3.63) is 0 Å². The minimum atomic E-state index is -0.554. The van der Waals surface area contributed by atoms with Gasteiger partial charge in [-0.15, -0.1) is 0 Å². The van der Waals surface area contributed by atoms with Crippen LogP contribution in [0.1, 0.15) is 26.2 Å². The van der Waals surface area contributed by atoms with Crippen LogP contribution in [-0.4, -0.2) is 17.3 Å². The lowest BCUT2D eigenvalue weighted by Crippen LogP contribution is -2.15. The molecule has 0 unspecified atom stereocenters. The van der Waals surface area contributed by atoms with E-state index in [9.17, 15) is 14.4 Å². The molecule has 1 fully saturated rings. The van der Waals surface area contributed by atoms with Crippen LogP contribution in [0.5, 0.6) is 0 Å². The van der Waals surface area contributed by atoms with E-state index in [4.69, 9.17) is 0 Å². The van der Waals surface area contributed by atoms with Gasteiger partial charge >= 0.3 is 0 Å². The second-order valence-electron chi connectivity index (χ2n) is 2.90. The van der Waals surface area contributed by atoms with Crippen molar-refractivity contribution >= 4 is 17.3 Å². The smallest absolute Gasteiger partial charge is 0.205 e. The molecule has 0 N–H and O–H groups in total. The number of carbonyl (C=O) groups excluding carboxylic acids is 3. The van der Waals surface area contributed by atoms with Crippen molar-refractivity contribution in [1.29, 1.82) is 0 Å². The first-order valence-corrected chi connectivity index (χ1v) is 3.67. The Hall–Kier alpha value is -0.990. The fourth-order valence-electron chi connectivity index (χ4n) is 0.832. The molecule has 0 aromatic carbocycles. The molecule has 0 spiro atoms. The zero-order valence-electron chi connectivity index (χ0n) is 6.42. The van der Waals surface area contributed by atoms with Gasteiger partial charge in [0.05, 0.1) is 6.42 Å². The van der Waals surface area contributed by atoms with Crippen molar-refractivity contribution < 1.29 is 14.4 Å². The molecule has 11 heavy (non-hydrogen) atoms. The van der Waals surface area contributed by atoms with Crippen LogP contribution >= 0.6 is 0 Å². The predicted octanol–water partition coefficient (Wildman–Crippen LogP) is 0.514. The SMILES string of the molecule is CC(=O)C(=O)CC(=O)C1CC1. The molecule has 0 amide bonds. The Bertz CT molecular complexity index is 213. The van der Waals surface area contributed by atoms with E-state index in [1.54, 1.807) is 0 Å². The Labute approximate surface area is 64.8 Å². The summed E-state index contributed by atoms with van der Waals surface area (Å²) in [6.45, 7) is 1.20. The van der Waals surface area contributed by atoms with Crippen molar-refractivity contribution in [1.82, 2.24) is 0 Å². The van der Waals surface area contributed by atoms with Gasteiger partial charge in [0.15, 0.2) is 5.78 Å². The fourth-order valence-corrected chi connectivity index (χ4v) is 0.832. The summed E-state index contributed by atoms with van der Waals surface area (Å²) in [6, 6.07) is 0. The zero-order valence-corrected chi connectivity index (χ0v) is 6.42. The molecule has 1 rings (SSSR count). The summed E-state index contributed by atoms with van der Waals surface area (Å²) in [5.41, 5.74) is 0. The summed E-state index contributed by atoms with van der Waals surface area (Å²) >= 11 is 0. The lowest BCUT2D eigenvalue weighted by atomic mass is 10.1. The third kappa shape index (κ3) is 2.26. The molecule has 0 aliphatic heterocycles. The van der Waals surface area contributed by atoms with E-state index in [0.29, 0.717) is 0 Å². The Kier molecular flexibility index (Phi) is 2.17. The number of ketones is 3. The van der Waals surface area contributed by atoms with Gasteiger partial charge in [-0.25, -0.2) is 0 Å². The van der Waals surface area contributed by atoms with E-state index in [-0.39, 0.29) is 18.1 Å². The average molecular weight is 154 g/mol. The second-order valence-corrected chi connectivity index (χ2v) is 2.90. The molecule has 0 saturated heterocycles. The highest BCUT2D eigenvalue weighted by atomic mass is 16.2. The summed E-state index contributed by atoms with van der Waals surface area (Å²) in [6.07, 6.45) is 1.61. The standard InChI is InChI=1S/C8H10O3/c1-5(9)7(10)4-8(11)6-2-3-6/h6H,2-4H2,1H3. The number of rotatable bonds is 4. The molecule has 0 aromatic heterocycles. The van der Waals surface area contributed by atoms with Gasteiger partial charge in [-0.05, 0) is 12.8 Å². The number of hydrogen-bond acceptors (Lipinski definition) is 3. The van der Waals surface area contributed by atoms with Crippen LogP contribution in [0.25, 0.3) is 0 Å². The van der Waals surface area contributed by atoms with Crippen LogP contribution in [0.4, 0.5) is 0 Å². The first-order valence-electron chi connectivity index (χ1n) is 3.67. The maximum atomic E-state index is 10.9. The maximum Gasteiger partial charge on any atom is 0.205 e. The first-order chi connectivity index (χ1) is 5.11. The highest BCUT2D eigenvalue weighted by molar-refractivity contribution is 6.39. The maximum absolute atomic E-state index is 10.9. The first kappa shape index (κ1) is 8.11. The van der Waals surface area contributed by atoms with Crippen LogP contribution in [0.3, 0.4) is 0 Å². The van der Waals surface area contributed by atoms with Gasteiger partial charge in [-0.3, -0.25) is 14.4 Å². The lowest BCUT2D eigenvalue weighted by Gasteiger charge is -1.92. The fraction of sp³-hybridized carbons (Fsp3) is 0.625. The lowest BCUT2D eigenvalue weighted by molar-refractivity contribution is -0.138.